The predicted octanol–water partition coefficient (Wildman–Crippen LogP) is 9.09. The zero-order valence-electron chi connectivity index (χ0n) is 26.1. The van der Waals surface area contributed by atoms with E-state index in [1.165, 1.54) is 5.19 Å². The topological polar surface area (TPSA) is 56.7 Å². The summed E-state index contributed by atoms with van der Waals surface area (Å²) in [7, 11) is 0.790. The van der Waals surface area contributed by atoms with Crippen molar-refractivity contribution in [2.75, 3.05) is 0 Å². The van der Waals surface area contributed by atoms with Gasteiger partial charge in [-0.15, -0.1) is 54.1 Å². The molecule has 0 saturated carbocycles. The van der Waals surface area contributed by atoms with Crippen LogP contribution < -0.4 is 5.19 Å². The van der Waals surface area contributed by atoms with Crippen molar-refractivity contribution in [2.24, 2.45) is 7.05 Å². The van der Waals surface area contributed by atoms with Crippen LogP contribution >= 0.6 is 0 Å². The Morgan fingerprint density at radius 1 is 0.696 bits per heavy atom. The largest absolute Gasteiger partial charge is 0.486 e. The third-order valence-corrected chi connectivity index (χ3v) is 10.0. The average molecular weight is 793 g/mol. The Morgan fingerprint density at radius 2 is 1.46 bits per heavy atom. The molecule has 0 aliphatic heterocycles. The smallest absolute Gasteiger partial charge is 0.216 e. The quantitative estimate of drug-likeness (QED) is 0.132. The number of benzene rings is 4. The monoisotopic (exact) mass is 793 g/mol. The molecule has 0 spiro atoms. The summed E-state index contributed by atoms with van der Waals surface area (Å²) in [6.07, 6.45) is 2.02. The number of nitrogens with zero attached hydrogens (tertiary/aromatic N) is 4. The van der Waals surface area contributed by atoms with Crippen molar-refractivity contribution in [3.8, 4) is 33.9 Å². The van der Waals surface area contributed by atoms with Gasteiger partial charge in [-0.05, 0) is 35.1 Å². The Balaban J connectivity index is 0.000000187. The second-order valence-electron chi connectivity index (χ2n) is 12.1. The first-order valence-corrected chi connectivity index (χ1v) is 18.5. The molecule has 1 radical (unpaired) electrons. The minimum atomic E-state index is -1.23. The molecule has 4 aromatic carbocycles. The number of fused-ring (bicyclic) bond motifs is 4. The van der Waals surface area contributed by atoms with E-state index in [4.69, 9.17) is 14.4 Å². The Bertz CT molecular complexity index is 2250. The molecule has 8 rings (SSSR count). The van der Waals surface area contributed by atoms with Gasteiger partial charge in [0, 0.05) is 44.3 Å². The predicted molar refractivity (Wildman–Crippen MR) is 187 cm³/mol. The molecule has 46 heavy (non-hydrogen) atoms. The van der Waals surface area contributed by atoms with Crippen LogP contribution in [-0.4, -0.2) is 27.6 Å². The summed E-state index contributed by atoms with van der Waals surface area (Å²) in [5.41, 5.74) is 8.29. The molecule has 8 aromatic rings. The van der Waals surface area contributed by atoms with E-state index in [9.17, 15) is 0 Å². The molecule has 4 aromatic heterocycles. The van der Waals surface area contributed by atoms with E-state index in [1.807, 2.05) is 92.1 Å². The zero-order valence-corrected chi connectivity index (χ0v) is 29.5. The SMILES string of the molecule is C[Si](C)(C)c1ccc(-c2[c-]cccc2)nc1.Cn1c(-c2[c-]ccc3c2oc2nc(-c4ccccc4)ccc23)nc2ccccc21.[Ir]. The number of para-hydroxylation sites is 2. The van der Waals surface area contributed by atoms with Crippen molar-refractivity contribution < 1.29 is 24.5 Å². The summed E-state index contributed by atoms with van der Waals surface area (Å²) in [6, 6.07) is 45.1. The van der Waals surface area contributed by atoms with Crippen molar-refractivity contribution in [3.63, 3.8) is 0 Å². The maximum atomic E-state index is 6.26. The van der Waals surface area contributed by atoms with E-state index < -0.39 is 8.07 Å². The summed E-state index contributed by atoms with van der Waals surface area (Å²) in [5, 5.41) is 3.41. The summed E-state index contributed by atoms with van der Waals surface area (Å²) in [6.45, 7) is 7.00. The molecule has 0 N–H and O–H groups in total. The second-order valence-corrected chi connectivity index (χ2v) is 17.1. The first kappa shape index (κ1) is 31.3. The van der Waals surface area contributed by atoms with Crippen LogP contribution in [0.25, 0.3) is 67.0 Å². The molecule has 0 aliphatic rings. The molecule has 4 heterocycles. The molecular weight excluding hydrogens is 761 g/mol. The van der Waals surface area contributed by atoms with Crippen molar-refractivity contribution >= 4 is 46.4 Å². The Morgan fingerprint density at radius 3 is 2.17 bits per heavy atom. The van der Waals surface area contributed by atoms with E-state index in [0.717, 1.165) is 61.3 Å². The Labute approximate surface area is 283 Å². The summed E-state index contributed by atoms with van der Waals surface area (Å²) in [5.74, 6) is 0.833. The van der Waals surface area contributed by atoms with Crippen molar-refractivity contribution in [1.29, 1.82) is 0 Å². The minimum absolute atomic E-state index is 0. The van der Waals surface area contributed by atoms with Gasteiger partial charge in [-0.25, -0.2) is 4.98 Å². The van der Waals surface area contributed by atoms with E-state index in [2.05, 4.69) is 77.7 Å². The molecular formula is C39H32IrN4OSi-2. The van der Waals surface area contributed by atoms with Crippen LogP contribution in [-0.2, 0) is 27.2 Å². The fourth-order valence-corrected chi connectivity index (χ4v) is 6.51. The van der Waals surface area contributed by atoms with Gasteiger partial charge in [0.25, 0.3) is 0 Å². The van der Waals surface area contributed by atoms with Crippen LogP contribution in [0.15, 0.2) is 126 Å². The summed E-state index contributed by atoms with van der Waals surface area (Å²) >= 11 is 0. The Hall–Kier alpha value is -4.68. The normalized spacial score (nSPS) is 11.3. The van der Waals surface area contributed by atoms with Gasteiger partial charge in [0.05, 0.1) is 36.2 Å². The standard InChI is InChI=1S/C25H16N3O.C14H16NSi.Ir/c1-28-22-13-6-5-12-21(22)26-24(28)19-11-7-10-17-18-14-15-20(16-8-3-2-4-9-16)27-25(18)29-23(17)19;1-16(2,3)13-9-10-14(15-11-13)12-7-5-4-6-8-12;/h2-10,12-15H,1H3;4-7,9-11H,1-3H3;/q2*-1;. The van der Waals surface area contributed by atoms with Crippen LogP contribution in [0.3, 0.4) is 0 Å². The van der Waals surface area contributed by atoms with Crippen LogP contribution in [0, 0.1) is 12.1 Å². The molecule has 0 unspecified atom stereocenters. The number of aromatic nitrogens is 4. The third-order valence-electron chi connectivity index (χ3n) is 7.99. The number of rotatable bonds is 4. The van der Waals surface area contributed by atoms with Crippen LogP contribution in [0.5, 0.6) is 0 Å². The van der Waals surface area contributed by atoms with Gasteiger partial charge in [0.2, 0.25) is 5.71 Å². The number of hydrogen-bond acceptors (Lipinski definition) is 4. The third kappa shape index (κ3) is 6.09. The molecule has 0 bridgehead atoms. The first-order valence-electron chi connectivity index (χ1n) is 15.0. The molecule has 5 nitrogen and oxygen atoms in total. The summed E-state index contributed by atoms with van der Waals surface area (Å²) < 4.78 is 8.34. The number of aryl methyl sites for hydroxylation is 1. The second kappa shape index (κ2) is 13.0. The van der Waals surface area contributed by atoms with Crippen LogP contribution in [0.2, 0.25) is 19.6 Å². The van der Waals surface area contributed by atoms with Gasteiger partial charge >= 0.3 is 0 Å². The fourth-order valence-electron chi connectivity index (χ4n) is 5.48. The van der Waals surface area contributed by atoms with Crippen LogP contribution in [0.4, 0.5) is 0 Å². The molecule has 229 valence electrons. The van der Waals surface area contributed by atoms with Gasteiger partial charge in [-0.2, -0.15) is 0 Å². The fraction of sp³-hybridized carbons (Fsp3) is 0.103. The Kier molecular flexibility index (Phi) is 8.83. The van der Waals surface area contributed by atoms with Crippen molar-refractivity contribution in [2.45, 2.75) is 19.6 Å². The molecule has 0 fully saturated rings. The average Bonchev–Trinajstić information content (AvgIpc) is 3.62. The van der Waals surface area contributed by atoms with E-state index in [1.54, 1.807) is 0 Å². The molecule has 0 saturated heterocycles. The van der Waals surface area contributed by atoms with E-state index >= 15 is 0 Å². The maximum absolute atomic E-state index is 6.26. The van der Waals surface area contributed by atoms with Gasteiger partial charge in [0.1, 0.15) is 0 Å². The minimum Gasteiger partial charge on any atom is -0.486 e. The van der Waals surface area contributed by atoms with Gasteiger partial charge in [0.15, 0.2) is 0 Å². The van der Waals surface area contributed by atoms with E-state index in [0.29, 0.717) is 5.71 Å². The van der Waals surface area contributed by atoms with Gasteiger partial charge in [-0.3, -0.25) is 4.98 Å². The molecule has 0 aliphatic carbocycles. The number of furan rings is 1. The van der Waals surface area contributed by atoms with E-state index in [-0.39, 0.29) is 20.1 Å². The van der Waals surface area contributed by atoms with Crippen molar-refractivity contribution in [3.05, 3.63) is 134 Å². The molecule has 0 atom stereocenters. The summed E-state index contributed by atoms with van der Waals surface area (Å²) in [4.78, 5) is 14.1. The zero-order chi connectivity index (χ0) is 31.0. The maximum Gasteiger partial charge on any atom is 0.216 e. The van der Waals surface area contributed by atoms with Crippen LogP contribution in [0.1, 0.15) is 0 Å². The van der Waals surface area contributed by atoms with Gasteiger partial charge < -0.3 is 14.0 Å². The number of pyridine rings is 2. The number of imidazole rings is 1. The molecule has 0 amide bonds. The van der Waals surface area contributed by atoms with Gasteiger partial charge in [-0.1, -0.05) is 85.2 Å². The number of hydrogen-bond donors (Lipinski definition) is 0. The first-order chi connectivity index (χ1) is 21.9. The van der Waals surface area contributed by atoms with Crippen molar-refractivity contribution in [1.82, 2.24) is 19.5 Å². The molecule has 7 heteroatoms.